The van der Waals surface area contributed by atoms with Crippen LogP contribution < -0.4 is 19.9 Å². The quantitative estimate of drug-likeness (QED) is 0.173. The van der Waals surface area contributed by atoms with Gasteiger partial charge in [0.25, 0.3) is 5.91 Å². The lowest BCUT2D eigenvalue weighted by molar-refractivity contribution is -0.136. The number of benzene rings is 3. The van der Waals surface area contributed by atoms with Crippen LogP contribution in [-0.4, -0.2) is 88.8 Å². The number of imide groups is 1. The second-order valence-electron chi connectivity index (χ2n) is 15.1. The van der Waals surface area contributed by atoms with Gasteiger partial charge in [-0.05, 0) is 100 Å². The van der Waals surface area contributed by atoms with Crippen molar-refractivity contribution in [3.05, 3.63) is 87.4 Å². The van der Waals surface area contributed by atoms with E-state index in [1.54, 1.807) is 49.1 Å². The Morgan fingerprint density at radius 1 is 0.982 bits per heavy atom. The van der Waals surface area contributed by atoms with Crippen molar-refractivity contribution in [2.75, 3.05) is 42.6 Å². The van der Waals surface area contributed by atoms with Crippen molar-refractivity contribution in [1.82, 2.24) is 15.1 Å². The van der Waals surface area contributed by atoms with Crippen molar-refractivity contribution < 1.29 is 23.9 Å². The van der Waals surface area contributed by atoms with Crippen molar-refractivity contribution in [2.45, 2.75) is 71.0 Å². The number of piperidine rings is 1. The molecule has 3 aliphatic rings. The minimum atomic E-state index is -1.02. The molecule has 288 valence electrons. The highest BCUT2D eigenvalue weighted by atomic mass is 35.5. The number of halogens is 2. The number of Topliss-reactive ketones (excluding diaryl/α,β-unsaturated/α-hetero) is 1. The molecule has 3 amide bonds. The van der Waals surface area contributed by atoms with Crippen LogP contribution >= 0.6 is 35.4 Å². The Balaban J connectivity index is 0.995. The third-order valence-electron chi connectivity index (χ3n) is 10.6. The molecule has 3 fully saturated rings. The molecular formula is C41H44Cl2N6O5S. The zero-order valence-electron chi connectivity index (χ0n) is 31.3. The predicted molar refractivity (Wildman–Crippen MR) is 217 cm³/mol. The Labute approximate surface area is 337 Å². The Kier molecular flexibility index (Phi) is 12.3. The van der Waals surface area contributed by atoms with Crippen LogP contribution in [0.25, 0.3) is 0 Å². The molecular weight excluding hydrogens is 759 g/mol. The average Bonchev–Trinajstić information content (AvgIpc) is 3.30. The number of carbonyl (C=O) groups is 4. The first-order chi connectivity index (χ1) is 26.2. The van der Waals surface area contributed by atoms with Crippen molar-refractivity contribution >= 4 is 75.4 Å². The molecule has 3 atom stereocenters. The molecule has 6 rings (SSSR count). The van der Waals surface area contributed by atoms with E-state index in [2.05, 4.69) is 29.0 Å². The summed E-state index contributed by atoms with van der Waals surface area (Å²) in [6.07, 6.45) is 1.76. The molecule has 0 aromatic heterocycles. The van der Waals surface area contributed by atoms with Gasteiger partial charge in [-0.1, -0.05) is 47.5 Å². The number of rotatable bonds is 12. The highest BCUT2D eigenvalue weighted by Gasteiger charge is 2.50. The fourth-order valence-corrected chi connectivity index (χ4v) is 8.72. The number of carbonyl (C=O) groups excluding carboxylic acids is 4. The molecule has 3 saturated heterocycles. The number of nitriles is 1. The van der Waals surface area contributed by atoms with Crippen molar-refractivity contribution in [1.29, 1.82) is 5.26 Å². The lowest BCUT2D eigenvalue weighted by atomic mass is 9.90. The summed E-state index contributed by atoms with van der Waals surface area (Å²) in [6, 6.07) is 20.3. The molecule has 0 bridgehead atoms. The van der Waals surface area contributed by atoms with Gasteiger partial charge in [0.1, 0.15) is 24.0 Å². The lowest BCUT2D eigenvalue weighted by Gasteiger charge is -2.44. The fraction of sp³-hybridized carbons (Fsp3) is 0.415. The predicted octanol–water partition coefficient (Wildman–Crippen LogP) is 5.96. The molecule has 3 aromatic rings. The molecule has 3 aliphatic heterocycles. The zero-order chi connectivity index (χ0) is 39.6. The van der Waals surface area contributed by atoms with E-state index in [0.717, 1.165) is 24.2 Å². The summed E-state index contributed by atoms with van der Waals surface area (Å²) in [5.41, 5.74) is 2.31. The third-order valence-corrected chi connectivity index (χ3v) is 11.6. The maximum Gasteiger partial charge on any atom is 0.259 e. The number of piperazine rings is 1. The van der Waals surface area contributed by atoms with Gasteiger partial charge in [0, 0.05) is 56.2 Å². The smallest absolute Gasteiger partial charge is 0.259 e. The van der Waals surface area contributed by atoms with Gasteiger partial charge in [0.15, 0.2) is 10.9 Å². The largest absolute Gasteiger partial charge is 0.491 e. The maximum atomic E-state index is 13.6. The Morgan fingerprint density at radius 3 is 2.35 bits per heavy atom. The summed E-state index contributed by atoms with van der Waals surface area (Å²) in [6.45, 7) is 10.9. The Hall–Kier alpha value is -4.38. The number of amides is 3. The van der Waals surface area contributed by atoms with Gasteiger partial charge in [-0.15, -0.1) is 0 Å². The monoisotopic (exact) mass is 802 g/mol. The van der Waals surface area contributed by atoms with Crippen LogP contribution in [0.4, 0.5) is 11.4 Å². The number of nitrogens with one attached hydrogen (secondary N) is 1. The van der Waals surface area contributed by atoms with E-state index in [0.29, 0.717) is 73.1 Å². The zero-order valence-corrected chi connectivity index (χ0v) is 33.6. The second-order valence-corrected chi connectivity index (χ2v) is 16.3. The molecule has 0 saturated carbocycles. The molecule has 0 spiro atoms. The minimum Gasteiger partial charge on any atom is -0.491 e. The normalized spacial score (nSPS) is 21.8. The van der Waals surface area contributed by atoms with Crippen LogP contribution in [0.15, 0.2) is 60.7 Å². The molecule has 11 nitrogen and oxygen atoms in total. The number of anilines is 2. The third kappa shape index (κ3) is 8.87. The summed E-state index contributed by atoms with van der Waals surface area (Å²) in [5, 5.41) is 12.6. The number of hydrogen-bond donors (Lipinski definition) is 1. The van der Waals surface area contributed by atoms with Gasteiger partial charge in [0.05, 0.1) is 27.8 Å². The molecule has 55 heavy (non-hydrogen) atoms. The summed E-state index contributed by atoms with van der Waals surface area (Å²) in [7, 11) is 0. The van der Waals surface area contributed by atoms with Gasteiger partial charge in [0.2, 0.25) is 11.8 Å². The number of hydrogen-bond acceptors (Lipinski definition) is 9. The van der Waals surface area contributed by atoms with Crippen molar-refractivity contribution in [3.8, 4) is 11.8 Å². The van der Waals surface area contributed by atoms with Crippen molar-refractivity contribution in [2.24, 2.45) is 5.92 Å². The first-order valence-corrected chi connectivity index (χ1v) is 19.5. The summed E-state index contributed by atoms with van der Waals surface area (Å²) >= 11 is 18.8. The van der Waals surface area contributed by atoms with Crippen LogP contribution in [-0.2, 0) is 32.0 Å². The topological polar surface area (TPSA) is 126 Å². The van der Waals surface area contributed by atoms with E-state index < -0.39 is 5.54 Å². The maximum absolute atomic E-state index is 13.6. The van der Waals surface area contributed by atoms with Crippen LogP contribution in [0, 0.1) is 17.2 Å². The Morgan fingerprint density at radius 2 is 1.67 bits per heavy atom. The van der Waals surface area contributed by atoms with Crippen LogP contribution in [0.2, 0.25) is 10.0 Å². The highest BCUT2D eigenvalue weighted by Crippen LogP contribution is 2.40. The van der Waals surface area contributed by atoms with E-state index in [-0.39, 0.29) is 51.6 Å². The number of thiocarbonyl (C=S) groups is 1. The number of ether oxygens (including phenoxy) is 1. The van der Waals surface area contributed by atoms with Gasteiger partial charge < -0.3 is 9.64 Å². The van der Waals surface area contributed by atoms with Crippen LogP contribution in [0.1, 0.15) is 57.2 Å². The standard InChI is InChI=1S/C41H44Cl2N6O5S/c1-25-22-46(23-26(2)47(25)24-33(50)18-28-7-5-6-27(16-28)17-29-9-13-37(51)45-38(29)52)14-15-54-36-12-11-32(20-35(36)43)49-40(55)48(39(53)41(49,3)4)31-10-8-30(21-44)34(42)19-31/h5-8,10-12,16,19-20,25-26,29H,9,13-15,17-18,22-24H2,1-4H3,(H,45,51,52)/t25-,26+,29?. The number of ketones is 1. The van der Waals surface area contributed by atoms with E-state index in [1.165, 1.54) is 4.90 Å². The van der Waals surface area contributed by atoms with Crippen molar-refractivity contribution in [3.63, 3.8) is 0 Å². The molecule has 3 aromatic carbocycles. The average molecular weight is 804 g/mol. The van der Waals surface area contributed by atoms with E-state index in [1.807, 2.05) is 36.4 Å². The summed E-state index contributed by atoms with van der Waals surface area (Å²) in [4.78, 5) is 58.4. The number of nitrogens with zero attached hydrogens (tertiary/aromatic N) is 5. The minimum absolute atomic E-state index is 0.139. The lowest BCUT2D eigenvalue weighted by Crippen LogP contribution is -2.58. The second kappa shape index (κ2) is 16.8. The van der Waals surface area contributed by atoms with Gasteiger partial charge >= 0.3 is 0 Å². The summed E-state index contributed by atoms with van der Waals surface area (Å²) < 4.78 is 6.13. The van der Waals surface area contributed by atoms with Gasteiger partial charge in [-0.2, -0.15) is 5.26 Å². The molecule has 0 radical (unpaired) electrons. The van der Waals surface area contributed by atoms with Crippen LogP contribution in [0.5, 0.6) is 5.75 Å². The molecule has 0 aliphatic carbocycles. The molecule has 1 N–H and O–H groups in total. The molecule has 1 unspecified atom stereocenters. The first-order valence-electron chi connectivity index (χ1n) is 18.4. The Bertz CT molecular complexity index is 2060. The van der Waals surface area contributed by atoms with Gasteiger partial charge in [-0.3, -0.25) is 39.2 Å². The van der Waals surface area contributed by atoms with Crippen LogP contribution in [0.3, 0.4) is 0 Å². The van der Waals surface area contributed by atoms with Gasteiger partial charge in [-0.25, -0.2) is 0 Å². The molecule has 3 heterocycles. The fourth-order valence-electron chi connectivity index (χ4n) is 7.75. The van der Waals surface area contributed by atoms with E-state index in [9.17, 15) is 24.4 Å². The van der Waals surface area contributed by atoms with E-state index >= 15 is 0 Å². The SMILES string of the molecule is C[C@@H]1CN(CCOc2ccc(N3C(=S)N(c4ccc(C#N)c(Cl)c4)C(=O)C3(C)C)cc2Cl)C[C@H](C)N1CC(=O)Cc1cccc(CC2CCC(=O)NC2=O)c1. The summed E-state index contributed by atoms with van der Waals surface area (Å²) in [5.74, 6) is -0.265. The molecule has 14 heteroatoms. The van der Waals surface area contributed by atoms with E-state index in [4.69, 9.17) is 40.2 Å². The first kappa shape index (κ1) is 40.3. The highest BCUT2D eigenvalue weighted by molar-refractivity contribution is 7.81.